The second kappa shape index (κ2) is 4.69. The van der Waals surface area contributed by atoms with Crippen molar-refractivity contribution in [3.05, 3.63) is 48.3 Å². The van der Waals surface area contributed by atoms with E-state index in [9.17, 15) is 9.90 Å². The van der Waals surface area contributed by atoms with Crippen molar-refractivity contribution in [2.45, 2.75) is 12.5 Å². The van der Waals surface area contributed by atoms with E-state index in [1.165, 1.54) is 17.1 Å². The number of benzene rings is 1. The topological polar surface area (TPSA) is 75.3 Å². The second-order valence-corrected chi connectivity index (χ2v) is 3.72. The summed E-state index contributed by atoms with van der Waals surface area (Å²) in [5.41, 5.74) is 0.912. The van der Waals surface area contributed by atoms with Crippen molar-refractivity contribution in [2.75, 3.05) is 0 Å². The van der Waals surface area contributed by atoms with Crippen molar-refractivity contribution in [1.82, 2.24) is 9.78 Å². The molecule has 0 bridgehead atoms. The molecule has 0 spiro atoms. The molecule has 0 amide bonds. The smallest absolute Gasteiger partial charge is 0.328 e. The average molecular weight is 232 g/mol. The van der Waals surface area contributed by atoms with Gasteiger partial charge in [0.1, 0.15) is 0 Å². The lowest BCUT2D eigenvalue weighted by molar-refractivity contribution is -0.141. The molecule has 1 atom stereocenters. The molecule has 1 aromatic heterocycles. The minimum Gasteiger partial charge on any atom is -0.505 e. The molecule has 2 N–H and O–H groups in total. The molecule has 0 aliphatic carbocycles. The van der Waals surface area contributed by atoms with Crippen LogP contribution in [0.15, 0.2) is 42.7 Å². The fourth-order valence-electron chi connectivity index (χ4n) is 1.63. The molecular formula is C12H12N2O3. The number of nitrogens with zero attached hydrogens (tertiary/aromatic N) is 2. The molecule has 1 heterocycles. The Hall–Kier alpha value is -2.30. The molecule has 1 aromatic carbocycles. The van der Waals surface area contributed by atoms with Crippen LogP contribution in [0, 0.1) is 0 Å². The van der Waals surface area contributed by atoms with E-state index >= 15 is 0 Å². The van der Waals surface area contributed by atoms with Gasteiger partial charge in [-0.2, -0.15) is 5.10 Å². The lowest BCUT2D eigenvalue weighted by atomic mass is 10.1. The minimum absolute atomic E-state index is 0.0377. The summed E-state index contributed by atoms with van der Waals surface area (Å²) in [5.74, 6) is -1.01. The lowest BCUT2D eigenvalue weighted by Crippen LogP contribution is -2.21. The Morgan fingerprint density at radius 3 is 2.59 bits per heavy atom. The van der Waals surface area contributed by atoms with Crippen molar-refractivity contribution in [1.29, 1.82) is 0 Å². The molecule has 2 aromatic rings. The molecule has 0 fully saturated rings. The van der Waals surface area contributed by atoms with Crippen LogP contribution in [-0.2, 0) is 11.2 Å². The molecule has 0 radical (unpaired) electrons. The van der Waals surface area contributed by atoms with Crippen LogP contribution >= 0.6 is 0 Å². The zero-order chi connectivity index (χ0) is 12.3. The summed E-state index contributed by atoms with van der Waals surface area (Å²) >= 11 is 0. The van der Waals surface area contributed by atoms with Crippen molar-refractivity contribution in [3.8, 4) is 5.75 Å². The van der Waals surface area contributed by atoms with E-state index < -0.39 is 12.0 Å². The van der Waals surface area contributed by atoms with Gasteiger partial charge in [-0.1, -0.05) is 30.3 Å². The highest BCUT2D eigenvalue weighted by atomic mass is 16.4. The third kappa shape index (κ3) is 2.63. The number of carbonyl (C=O) groups is 1. The fraction of sp³-hybridized carbons (Fsp3) is 0.167. The molecular weight excluding hydrogens is 220 g/mol. The zero-order valence-corrected chi connectivity index (χ0v) is 9.02. The molecule has 5 nitrogen and oxygen atoms in total. The molecule has 0 saturated heterocycles. The van der Waals surface area contributed by atoms with Gasteiger partial charge in [-0.05, 0) is 5.56 Å². The molecule has 0 saturated carbocycles. The van der Waals surface area contributed by atoms with Gasteiger partial charge in [0.25, 0.3) is 0 Å². The highest BCUT2D eigenvalue weighted by molar-refractivity contribution is 5.72. The molecule has 2 rings (SSSR count). The van der Waals surface area contributed by atoms with Gasteiger partial charge < -0.3 is 10.2 Å². The van der Waals surface area contributed by atoms with E-state index in [-0.39, 0.29) is 5.75 Å². The zero-order valence-electron chi connectivity index (χ0n) is 9.02. The van der Waals surface area contributed by atoms with E-state index in [1.807, 2.05) is 30.3 Å². The van der Waals surface area contributed by atoms with Crippen LogP contribution < -0.4 is 0 Å². The first-order valence-corrected chi connectivity index (χ1v) is 5.16. The maximum absolute atomic E-state index is 11.2. The number of carboxylic acid groups (broad SMARTS) is 1. The van der Waals surface area contributed by atoms with Crippen molar-refractivity contribution in [3.63, 3.8) is 0 Å². The van der Waals surface area contributed by atoms with Gasteiger partial charge in [0.2, 0.25) is 0 Å². The summed E-state index contributed by atoms with van der Waals surface area (Å²) < 4.78 is 1.25. The van der Waals surface area contributed by atoms with Gasteiger partial charge in [-0.15, -0.1) is 0 Å². The fourth-order valence-corrected chi connectivity index (χ4v) is 1.63. The number of aromatic hydroxyl groups is 1. The number of hydrogen-bond donors (Lipinski definition) is 2. The number of aromatic nitrogens is 2. The summed E-state index contributed by atoms with van der Waals surface area (Å²) in [6, 6.07) is 8.50. The Morgan fingerprint density at radius 1 is 1.35 bits per heavy atom. The normalized spacial score (nSPS) is 12.2. The Labute approximate surface area is 97.9 Å². The molecule has 88 valence electrons. The molecule has 0 aliphatic rings. The highest BCUT2D eigenvalue weighted by Gasteiger charge is 2.20. The second-order valence-electron chi connectivity index (χ2n) is 3.72. The largest absolute Gasteiger partial charge is 0.505 e. The maximum atomic E-state index is 11.2. The first kappa shape index (κ1) is 11.2. The molecule has 0 aliphatic heterocycles. The SMILES string of the molecule is O=C(O)[C@H](Cc1ccccc1)n1cc(O)cn1. The summed E-state index contributed by atoms with van der Waals surface area (Å²) in [4.78, 5) is 11.2. The summed E-state index contributed by atoms with van der Waals surface area (Å²) in [6.45, 7) is 0. The Balaban J connectivity index is 2.22. The standard InChI is InChI=1S/C12H12N2O3/c15-10-7-13-14(8-10)11(12(16)17)6-9-4-2-1-3-5-9/h1-5,7-8,11,15H,6H2,(H,16,17)/t11-/m0/s1. The Kier molecular flexibility index (Phi) is 3.09. The van der Waals surface area contributed by atoms with Crippen LogP contribution in [0.5, 0.6) is 5.75 Å². The van der Waals surface area contributed by atoms with Crippen LogP contribution in [-0.4, -0.2) is 26.0 Å². The number of hydrogen-bond acceptors (Lipinski definition) is 3. The number of rotatable bonds is 4. The third-order valence-corrected chi connectivity index (χ3v) is 2.46. The van der Waals surface area contributed by atoms with Crippen LogP contribution in [0.1, 0.15) is 11.6 Å². The van der Waals surface area contributed by atoms with Crippen molar-refractivity contribution in [2.24, 2.45) is 0 Å². The van der Waals surface area contributed by atoms with E-state index in [0.717, 1.165) is 5.56 Å². The highest BCUT2D eigenvalue weighted by Crippen LogP contribution is 2.16. The van der Waals surface area contributed by atoms with E-state index in [4.69, 9.17) is 5.11 Å². The van der Waals surface area contributed by atoms with Gasteiger partial charge in [0.15, 0.2) is 11.8 Å². The number of carboxylic acids is 1. The first-order chi connectivity index (χ1) is 8.16. The predicted molar refractivity (Wildman–Crippen MR) is 60.7 cm³/mol. The predicted octanol–water partition coefficient (Wildman–Crippen LogP) is 1.46. The van der Waals surface area contributed by atoms with Crippen LogP contribution in [0.2, 0.25) is 0 Å². The van der Waals surface area contributed by atoms with Gasteiger partial charge in [-0.25, -0.2) is 4.79 Å². The summed E-state index contributed by atoms with van der Waals surface area (Å²) in [7, 11) is 0. The van der Waals surface area contributed by atoms with Crippen LogP contribution in [0.4, 0.5) is 0 Å². The van der Waals surface area contributed by atoms with E-state index in [2.05, 4.69) is 5.10 Å². The van der Waals surface area contributed by atoms with Gasteiger partial charge in [-0.3, -0.25) is 4.68 Å². The van der Waals surface area contributed by atoms with E-state index in [1.54, 1.807) is 0 Å². The van der Waals surface area contributed by atoms with Crippen LogP contribution in [0.25, 0.3) is 0 Å². The van der Waals surface area contributed by atoms with Crippen molar-refractivity contribution < 1.29 is 15.0 Å². The minimum atomic E-state index is -0.975. The van der Waals surface area contributed by atoms with Gasteiger partial charge in [0.05, 0.1) is 12.4 Å². The molecule has 5 heteroatoms. The monoisotopic (exact) mass is 232 g/mol. The van der Waals surface area contributed by atoms with Crippen molar-refractivity contribution >= 4 is 5.97 Å². The Bertz CT molecular complexity index is 507. The summed E-state index contributed by atoms with van der Waals surface area (Å²) in [5, 5.41) is 22.1. The number of aliphatic carboxylic acids is 1. The Morgan fingerprint density at radius 2 is 2.06 bits per heavy atom. The summed E-state index contributed by atoms with van der Waals surface area (Å²) in [6.07, 6.45) is 2.86. The van der Waals surface area contributed by atoms with Gasteiger partial charge >= 0.3 is 5.97 Å². The molecule has 17 heavy (non-hydrogen) atoms. The lowest BCUT2D eigenvalue weighted by Gasteiger charge is -2.12. The first-order valence-electron chi connectivity index (χ1n) is 5.16. The molecule has 0 unspecified atom stereocenters. The maximum Gasteiger partial charge on any atom is 0.328 e. The van der Waals surface area contributed by atoms with Gasteiger partial charge in [0, 0.05) is 6.42 Å². The average Bonchev–Trinajstić information content (AvgIpc) is 2.73. The quantitative estimate of drug-likeness (QED) is 0.836. The van der Waals surface area contributed by atoms with E-state index in [0.29, 0.717) is 6.42 Å². The third-order valence-electron chi connectivity index (χ3n) is 2.46. The van der Waals surface area contributed by atoms with Crippen LogP contribution in [0.3, 0.4) is 0 Å².